The molecule has 0 aliphatic rings. The molecule has 0 saturated heterocycles. The highest BCUT2D eigenvalue weighted by molar-refractivity contribution is 5.83. The van der Waals surface area contributed by atoms with Crippen LogP contribution in [0.15, 0.2) is 123 Å². The molecule has 19 heteroatoms. The molecule has 5 aromatic rings. The summed E-state index contributed by atoms with van der Waals surface area (Å²) < 4.78 is 0. The van der Waals surface area contributed by atoms with Crippen molar-refractivity contribution in [1.82, 2.24) is 56.8 Å². The number of rotatable bonds is 28. The van der Waals surface area contributed by atoms with E-state index in [1.54, 1.807) is 50.3 Å². The minimum atomic E-state index is -0.331. The van der Waals surface area contributed by atoms with Crippen LogP contribution >= 0.6 is 0 Å². The van der Waals surface area contributed by atoms with Gasteiger partial charge in [-0.3, -0.25) is 58.5 Å². The van der Waals surface area contributed by atoms with Crippen molar-refractivity contribution in [1.29, 1.82) is 0 Å². The van der Waals surface area contributed by atoms with Crippen LogP contribution in [0.25, 0.3) is 0 Å². The molecule has 5 rings (SSSR count). The van der Waals surface area contributed by atoms with Gasteiger partial charge in [-0.15, -0.1) is 0 Å². The first-order valence-electron chi connectivity index (χ1n) is 33.7. The fraction of sp³-hybridized carbons (Fsp3) is 0.579. The maximum absolute atomic E-state index is 12.0. The second-order valence-electron chi connectivity index (χ2n) is 27.8. The number of aliphatic hydroxyl groups excluding tert-OH is 1. The smallest absolute Gasteiger partial charge is 0.226 e. The van der Waals surface area contributed by atoms with Crippen LogP contribution in [-0.2, 0) is 66.0 Å². The zero-order valence-corrected chi connectivity index (χ0v) is 61.8. The van der Waals surface area contributed by atoms with Crippen molar-refractivity contribution in [2.45, 2.75) is 204 Å². The Bertz CT molecular complexity index is 2770. The van der Waals surface area contributed by atoms with Gasteiger partial charge in [-0.1, -0.05) is 169 Å². The first-order valence-corrected chi connectivity index (χ1v) is 33.7. The topological polar surface area (TPSA) is 276 Å². The van der Waals surface area contributed by atoms with Crippen molar-refractivity contribution in [3.8, 4) is 0 Å². The molecule has 5 aromatic heterocycles. The van der Waals surface area contributed by atoms with Crippen LogP contribution in [0.2, 0.25) is 0 Å². The Labute approximate surface area is 572 Å². The molecule has 95 heavy (non-hydrogen) atoms. The zero-order valence-electron chi connectivity index (χ0n) is 61.8. The standard InChI is InChI=1S/C14H22N2O.C13H20N2O.C12H18N2O.2C11H16N2O.C8H16O.C7H15NO2/c1-11(2)14(3,4)13(17)16-9-7-12-6-5-8-15-10-12;1-10(2)13(3,4)12(16)15-9-11-6-5-7-14-8-11;1-10(2)8-12(15)14-7-5-11-4-3-6-13-9-11;1-9(2)6-11(14)13-8-10-4-3-5-12-7-10;1-9(2)7-11(14)13-8-10-5-3-4-6-12-10;1-6(2)8(4,5)7(3)9;1-6(2)5-7(10)8-3-4-9/h5-6,8,10-11H,7,9H2,1-4H3,(H,16,17);5-8,10H,9H2,1-4H3,(H,15,16);3-4,6,9-10H,5,7-8H2,1-2H3,(H,14,15);3-5,7,9H,6,8H2,1-2H3,(H,13,14);3-6,9H,7-8H2,1-2H3,(H,13,14);6H,1-5H3;6,9H,3-5H2,1-2H3,(H,8,10). The van der Waals surface area contributed by atoms with Gasteiger partial charge < -0.3 is 37.0 Å². The van der Waals surface area contributed by atoms with Crippen molar-refractivity contribution in [2.24, 2.45) is 57.7 Å². The van der Waals surface area contributed by atoms with Crippen LogP contribution in [0, 0.1) is 57.7 Å². The lowest BCUT2D eigenvalue weighted by molar-refractivity contribution is -0.132. The lowest BCUT2D eigenvalue weighted by Crippen LogP contribution is -2.41. The molecule has 7 N–H and O–H groups in total. The Morgan fingerprint density at radius 1 is 0.379 bits per heavy atom. The normalized spacial score (nSPS) is 10.9. The lowest BCUT2D eigenvalue weighted by Gasteiger charge is -2.27. The van der Waals surface area contributed by atoms with Gasteiger partial charge in [0.05, 0.1) is 18.8 Å². The van der Waals surface area contributed by atoms with E-state index in [-0.39, 0.29) is 64.1 Å². The number of carbonyl (C=O) groups is 7. The van der Waals surface area contributed by atoms with E-state index in [9.17, 15) is 33.6 Å². The number of pyridine rings is 5. The van der Waals surface area contributed by atoms with E-state index in [1.165, 1.54) is 0 Å². The zero-order chi connectivity index (χ0) is 72.6. The highest BCUT2D eigenvalue weighted by Crippen LogP contribution is 2.28. The van der Waals surface area contributed by atoms with Gasteiger partial charge in [0.1, 0.15) is 5.78 Å². The van der Waals surface area contributed by atoms with Crippen LogP contribution in [0.1, 0.15) is 199 Å². The van der Waals surface area contributed by atoms with Crippen molar-refractivity contribution in [3.05, 3.63) is 150 Å². The highest BCUT2D eigenvalue weighted by Gasteiger charge is 2.32. The molecule has 6 amide bonds. The average molecular weight is 1320 g/mol. The SMILES string of the molecule is CC(=O)C(C)(C)C(C)C.CC(C)C(C)(C)C(=O)NCCc1cccnc1.CC(C)C(C)(C)C(=O)NCc1cccnc1.CC(C)CC(=O)NCCO.CC(C)CC(=O)NCCc1cccnc1.CC(C)CC(=O)NCc1ccccn1.CC(C)CC(=O)NCc1cccnc1. The van der Waals surface area contributed by atoms with Crippen LogP contribution in [0.5, 0.6) is 0 Å². The van der Waals surface area contributed by atoms with Crippen LogP contribution in [0.3, 0.4) is 0 Å². The average Bonchev–Trinajstić information content (AvgIpc) is 0.942. The number of carbonyl (C=O) groups excluding carboxylic acids is 7. The van der Waals surface area contributed by atoms with Crippen LogP contribution < -0.4 is 31.9 Å². The van der Waals surface area contributed by atoms with E-state index in [0.717, 1.165) is 40.8 Å². The number of nitrogens with one attached hydrogen (secondary N) is 6. The number of Topliss-reactive ketones (excluding diaryl/α,β-unsaturated/α-hetero) is 1. The quantitative estimate of drug-likeness (QED) is 0.0246. The number of aromatic nitrogens is 5. The predicted octanol–water partition coefficient (Wildman–Crippen LogP) is 12.5. The first-order chi connectivity index (χ1) is 44.5. The number of hydrogen-bond acceptors (Lipinski definition) is 13. The summed E-state index contributed by atoms with van der Waals surface area (Å²) in [5.74, 6) is 3.54. The van der Waals surface area contributed by atoms with Crippen LogP contribution in [0.4, 0.5) is 0 Å². The van der Waals surface area contributed by atoms with E-state index in [4.69, 9.17) is 5.11 Å². The molecular formula is C76H123N11O8. The van der Waals surface area contributed by atoms with Crippen molar-refractivity contribution >= 4 is 41.2 Å². The van der Waals surface area contributed by atoms with Gasteiger partial charge in [0.15, 0.2) is 0 Å². The number of hydrogen-bond donors (Lipinski definition) is 7. The van der Waals surface area contributed by atoms with E-state index in [1.807, 2.05) is 176 Å². The second kappa shape index (κ2) is 50.6. The van der Waals surface area contributed by atoms with Gasteiger partial charge in [-0.05, 0) is 120 Å². The summed E-state index contributed by atoms with van der Waals surface area (Å²) in [7, 11) is 0. The third kappa shape index (κ3) is 46.0. The molecule has 0 spiro atoms. The summed E-state index contributed by atoms with van der Waals surface area (Å²) in [6, 6.07) is 21.2. The molecule has 0 radical (unpaired) electrons. The Kier molecular flexibility index (Phi) is 47.5. The maximum Gasteiger partial charge on any atom is 0.226 e. The van der Waals surface area contributed by atoms with E-state index in [2.05, 4.69) is 98.4 Å². The number of ketones is 1. The van der Waals surface area contributed by atoms with Crippen molar-refractivity contribution < 1.29 is 38.7 Å². The largest absolute Gasteiger partial charge is 0.395 e. The third-order valence-corrected chi connectivity index (χ3v) is 15.7. The summed E-state index contributed by atoms with van der Waals surface area (Å²) >= 11 is 0. The van der Waals surface area contributed by atoms with Gasteiger partial charge in [0, 0.05) is 130 Å². The molecule has 0 aliphatic carbocycles. The molecule has 5 heterocycles. The fourth-order valence-electron chi connectivity index (χ4n) is 7.19. The molecule has 19 nitrogen and oxygen atoms in total. The number of nitrogens with zero attached hydrogens (tertiary/aromatic N) is 5. The van der Waals surface area contributed by atoms with Crippen molar-refractivity contribution in [3.63, 3.8) is 0 Å². The van der Waals surface area contributed by atoms with E-state index >= 15 is 0 Å². The summed E-state index contributed by atoms with van der Waals surface area (Å²) in [6.45, 7) is 45.5. The van der Waals surface area contributed by atoms with Gasteiger partial charge >= 0.3 is 0 Å². The highest BCUT2D eigenvalue weighted by atomic mass is 16.3. The molecule has 530 valence electrons. The molecule has 0 unspecified atom stereocenters. The summed E-state index contributed by atoms with van der Waals surface area (Å²) in [4.78, 5) is 99.7. The van der Waals surface area contributed by atoms with Crippen molar-refractivity contribution in [2.75, 3.05) is 26.2 Å². The maximum atomic E-state index is 12.0. The molecule has 0 fully saturated rings. The predicted molar refractivity (Wildman–Crippen MR) is 385 cm³/mol. The van der Waals surface area contributed by atoms with E-state index in [0.29, 0.717) is 106 Å². The fourth-order valence-corrected chi connectivity index (χ4v) is 7.19. The minimum Gasteiger partial charge on any atom is -0.395 e. The summed E-state index contributed by atoms with van der Waals surface area (Å²) in [6.07, 6.45) is 19.8. The minimum absolute atomic E-state index is 0.0176. The Morgan fingerprint density at radius 2 is 0.705 bits per heavy atom. The number of aliphatic hydroxyl groups is 1. The van der Waals surface area contributed by atoms with Gasteiger partial charge in [0.25, 0.3) is 0 Å². The Morgan fingerprint density at radius 3 is 1.01 bits per heavy atom. The molecule has 0 aliphatic heterocycles. The summed E-state index contributed by atoms with van der Waals surface area (Å²) in [5, 5.41) is 25.4. The molecule has 0 saturated carbocycles. The second-order valence-corrected chi connectivity index (χ2v) is 27.8. The van der Waals surface area contributed by atoms with Crippen LogP contribution in [-0.4, -0.2) is 97.5 Å². The van der Waals surface area contributed by atoms with E-state index < -0.39 is 0 Å². The van der Waals surface area contributed by atoms with Gasteiger partial charge in [-0.25, -0.2) is 0 Å². The first kappa shape index (κ1) is 89.3. The molecule has 0 atom stereocenters. The Hall–Kier alpha value is -7.80. The third-order valence-electron chi connectivity index (χ3n) is 15.7. The number of amides is 6. The van der Waals surface area contributed by atoms with Gasteiger partial charge in [-0.2, -0.15) is 0 Å². The molecule has 0 aromatic carbocycles. The monoisotopic (exact) mass is 1320 g/mol. The Balaban J connectivity index is 0. The molecule has 0 bridgehead atoms. The van der Waals surface area contributed by atoms with Gasteiger partial charge in [0.2, 0.25) is 35.4 Å². The lowest BCUT2D eigenvalue weighted by atomic mass is 9.78. The molecular weight excluding hydrogens is 1190 g/mol. The summed E-state index contributed by atoms with van der Waals surface area (Å²) in [5.41, 5.74) is 4.47.